The molecule has 4 nitrogen and oxygen atoms in total. The Labute approximate surface area is 77.3 Å². The van der Waals surface area contributed by atoms with Crippen molar-refractivity contribution < 1.29 is 11.0 Å². The zero-order valence-corrected chi connectivity index (χ0v) is 7.20. The molecule has 13 heavy (non-hydrogen) atoms. The smallest absolute Gasteiger partial charge is 0.337 e. The van der Waals surface area contributed by atoms with Gasteiger partial charge in [-0.2, -0.15) is 0 Å². The molecule has 0 bridgehead atoms. The van der Waals surface area contributed by atoms with E-state index >= 15 is 0 Å². The quantitative estimate of drug-likeness (QED) is 0.409. The van der Waals surface area contributed by atoms with Gasteiger partial charge in [0.1, 0.15) is 0 Å². The van der Waals surface area contributed by atoms with Gasteiger partial charge in [-0.05, 0) is 18.2 Å². The van der Waals surface area contributed by atoms with Crippen LogP contribution >= 0.6 is 0 Å². The number of nitrogen functional groups attached to an aromatic ring is 1. The molecule has 0 radical (unpaired) electrons. The first kappa shape index (κ1) is 9.25. The highest BCUT2D eigenvalue weighted by Gasteiger charge is 2.06. The van der Waals surface area contributed by atoms with Crippen LogP contribution in [0.1, 0.15) is 17.3 Å². The lowest BCUT2D eigenvalue weighted by atomic mass is 10.1. The summed E-state index contributed by atoms with van der Waals surface area (Å²) in [6.07, 6.45) is 1.10. The van der Waals surface area contributed by atoms with Gasteiger partial charge in [-0.15, -0.1) is 0 Å². The molecular weight excluding hydrogens is 168 g/mol. The minimum Gasteiger partial charge on any atom is -0.465 e. The van der Waals surface area contributed by atoms with E-state index in [2.05, 4.69) is 4.74 Å². The lowest BCUT2D eigenvalue weighted by Crippen LogP contribution is -2.03. The average Bonchev–Trinajstić information content (AvgIpc) is 2.17. The minimum atomic E-state index is -0.428. The molecule has 0 aliphatic rings. The molecule has 0 aliphatic carbocycles. The predicted octanol–water partition coefficient (Wildman–Crippen LogP) is 1.30. The lowest BCUT2D eigenvalue weighted by molar-refractivity contribution is 0.0601. The topological polar surface area (TPSA) is 76.2 Å². The normalized spacial score (nSPS) is 9.31. The summed E-state index contributed by atoms with van der Waals surface area (Å²) in [4.78, 5) is 11.1. The largest absolute Gasteiger partial charge is 0.465 e. The van der Waals surface area contributed by atoms with E-state index in [0.29, 0.717) is 16.8 Å². The Morgan fingerprint density at radius 2 is 2.38 bits per heavy atom. The number of nitrogens with two attached hydrogens (primary N) is 1. The number of ether oxygens (including phenoxy) is 1. The summed E-state index contributed by atoms with van der Waals surface area (Å²) < 4.78 is 4.52. The van der Waals surface area contributed by atoms with Crippen LogP contribution in [0.2, 0.25) is 0 Å². The van der Waals surface area contributed by atoms with Gasteiger partial charge in [0.05, 0.1) is 12.7 Å². The number of rotatable bonds is 2. The maximum Gasteiger partial charge on any atom is 0.337 e. The highest BCUT2D eigenvalue weighted by Crippen LogP contribution is 2.12. The molecule has 0 aromatic heterocycles. The Bertz CT molecular complexity index is 353. The molecule has 0 fully saturated rings. The van der Waals surface area contributed by atoms with Crippen molar-refractivity contribution >= 4 is 17.9 Å². The zero-order chi connectivity index (χ0) is 9.84. The fraction of sp³-hybridized carbons (Fsp3) is 0.111. The van der Waals surface area contributed by atoms with Crippen LogP contribution in [0.25, 0.3) is 0 Å². The van der Waals surface area contributed by atoms with Crippen LogP contribution in [0.5, 0.6) is 0 Å². The van der Waals surface area contributed by atoms with E-state index in [1.54, 1.807) is 12.1 Å². The zero-order valence-electron chi connectivity index (χ0n) is 7.20. The molecular formula is C9H12N2O2. The van der Waals surface area contributed by atoms with Crippen LogP contribution < -0.4 is 5.73 Å². The van der Waals surface area contributed by atoms with E-state index in [1.807, 2.05) is 0 Å². The Morgan fingerprint density at radius 3 is 2.92 bits per heavy atom. The van der Waals surface area contributed by atoms with Gasteiger partial charge in [-0.25, -0.2) is 4.79 Å². The molecule has 1 rings (SSSR count). The fourth-order valence-electron chi connectivity index (χ4n) is 0.945. The second-order valence-corrected chi connectivity index (χ2v) is 2.48. The number of carbonyl (C=O) groups is 1. The highest BCUT2D eigenvalue weighted by atomic mass is 16.5. The third-order valence-corrected chi connectivity index (χ3v) is 1.66. The monoisotopic (exact) mass is 180 g/mol. The first-order chi connectivity index (χ1) is 6.19. The summed E-state index contributed by atoms with van der Waals surface area (Å²) in [7, 11) is 1.31. The molecule has 1 aromatic rings. The number of methoxy groups -OCH3 is 1. The molecule has 0 saturated heterocycles. The number of hydrogen-bond donors (Lipinski definition) is 2. The van der Waals surface area contributed by atoms with Gasteiger partial charge in [-0.1, -0.05) is 0 Å². The number of nitrogens with one attached hydrogen (secondary N) is 1. The van der Waals surface area contributed by atoms with E-state index in [1.165, 1.54) is 13.2 Å². The molecule has 0 spiro atoms. The third kappa shape index (κ3) is 1.84. The Hall–Kier alpha value is -1.84. The van der Waals surface area contributed by atoms with E-state index < -0.39 is 5.97 Å². The number of esters is 1. The standard InChI is InChI=1S/C9H10N2O2.H2/c1-13-9(12)6-2-3-8(11)7(4-6)5-10;/h2-5,10H,11H2,1H3;1H. The van der Waals surface area contributed by atoms with Crippen LogP contribution in [0.4, 0.5) is 5.69 Å². The third-order valence-electron chi connectivity index (χ3n) is 1.66. The summed E-state index contributed by atoms with van der Waals surface area (Å²) in [5.41, 5.74) is 6.93. The van der Waals surface area contributed by atoms with Crippen LogP contribution in [0.15, 0.2) is 18.2 Å². The molecule has 3 N–H and O–H groups in total. The molecule has 0 amide bonds. The van der Waals surface area contributed by atoms with E-state index in [4.69, 9.17) is 11.1 Å². The van der Waals surface area contributed by atoms with Crippen molar-refractivity contribution in [2.24, 2.45) is 0 Å². The van der Waals surface area contributed by atoms with E-state index in [9.17, 15) is 4.79 Å². The Morgan fingerprint density at radius 1 is 1.69 bits per heavy atom. The van der Waals surface area contributed by atoms with Gasteiger partial charge >= 0.3 is 5.97 Å². The van der Waals surface area contributed by atoms with Gasteiger partial charge in [0.15, 0.2) is 0 Å². The van der Waals surface area contributed by atoms with Crippen molar-refractivity contribution in [2.45, 2.75) is 0 Å². The van der Waals surface area contributed by atoms with E-state index in [0.717, 1.165) is 6.21 Å². The van der Waals surface area contributed by atoms with Crippen LogP contribution in [-0.2, 0) is 4.74 Å². The SMILES string of the molecule is COC(=O)c1ccc(N)c(C=N)c1.[HH]. The van der Waals surface area contributed by atoms with Crippen LogP contribution in [-0.4, -0.2) is 19.3 Å². The van der Waals surface area contributed by atoms with Crippen molar-refractivity contribution in [2.75, 3.05) is 12.8 Å². The molecule has 0 saturated carbocycles. The molecule has 0 aliphatic heterocycles. The van der Waals surface area contributed by atoms with Crippen LogP contribution in [0, 0.1) is 5.41 Å². The summed E-state index contributed by atoms with van der Waals surface area (Å²) in [6.45, 7) is 0. The lowest BCUT2D eigenvalue weighted by Gasteiger charge is -2.02. The van der Waals surface area contributed by atoms with Crippen molar-refractivity contribution in [3.05, 3.63) is 29.3 Å². The van der Waals surface area contributed by atoms with Crippen LogP contribution in [0.3, 0.4) is 0 Å². The van der Waals surface area contributed by atoms with Crippen molar-refractivity contribution in [3.63, 3.8) is 0 Å². The highest BCUT2D eigenvalue weighted by molar-refractivity contribution is 5.94. The van der Waals surface area contributed by atoms with Crippen molar-refractivity contribution in [1.82, 2.24) is 0 Å². The fourth-order valence-corrected chi connectivity index (χ4v) is 0.945. The summed E-state index contributed by atoms with van der Waals surface area (Å²) >= 11 is 0. The van der Waals surface area contributed by atoms with Gasteiger partial charge in [0, 0.05) is 18.9 Å². The van der Waals surface area contributed by atoms with Crippen molar-refractivity contribution in [3.8, 4) is 0 Å². The van der Waals surface area contributed by atoms with E-state index in [-0.39, 0.29) is 1.43 Å². The maximum absolute atomic E-state index is 11.1. The van der Waals surface area contributed by atoms with Gasteiger partial charge in [0.25, 0.3) is 0 Å². The average molecular weight is 180 g/mol. The maximum atomic E-state index is 11.1. The van der Waals surface area contributed by atoms with Gasteiger partial charge in [0.2, 0.25) is 0 Å². The number of carbonyl (C=O) groups excluding carboxylic acids is 1. The number of benzene rings is 1. The second kappa shape index (κ2) is 3.71. The number of hydrogen-bond acceptors (Lipinski definition) is 4. The first-order valence-corrected chi connectivity index (χ1v) is 3.67. The Balaban J connectivity index is 0.00000169. The first-order valence-electron chi connectivity index (χ1n) is 3.67. The summed E-state index contributed by atoms with van der Waals surface area (Å²) in [5.74, 6) is -0.428. The minimum absolute atomic E-state index is 0. The molecule has 1 aromatic carbocycles. The molecule has 4 heteroatoms. The Kier molecular flexibility index (Phi) is 2.64. The summed E-state index contributed by atoms with van der Waals surface area (Å²) in [6, 6.07) is 4.66. The molecule has 70 valence electrons. The van der Waals surface area contributed by atoms with Gasteiger partial charge in [-0.3, -0.25) is 0 Å². The van der Waals surface area contributed by atoms with Gasteiger partial charge < -0.3 is 15.9 Å². The molecule has 0 atom stereocenters. The summed E-state index contributed by atoms with van der Waals surface area (Å²) in [5, 5.41) is 7.02. The van der Waals surface area contributed by atoms with Crippen molar-refractivity contribution in [1.29, 1.82) is 5.41 Å². The second-order valence-electron chi connectivity index (χ2n) is 2.48. The molecule has 0 unspecified atom stereocenters. The number of anilines is 1. The predicted molar refractivity (Wildman–Crippen MR) is 52.2 cm³/mol. The molecule has 0 heterocycles.